The van der Waals surface area contributed by atoms with Gasteiger partial charge < -0.3 is 15.1 Å². The number of nitrogens with zero attached hydrogens (tertiary/aromatic N) is 5. The summed E-state index contributed by atoms with van der Waals surface area (Å²) in [7, 11) is 0. The molecule has 4 heterocycles. The molecule has 7 nitrogen and oxygen atoms in total. The Morgan fingerprint density at radius 1 is 0.862 bits per heavy atom. The second-order valence-corrected chi connectivity index (χ2v) is 7.23. The second-order valence-electron chi connectivity index (χ2n) is 7.23. The van der Waals surface area contributed by atoms with Crippen LogP contribution < -0.4 is 15.1 Å². The molecular weight excluding hydrogens is 364 g/mol. The molecule has 2 aromatic heterocycles. The van der Waals surface area contributed by atoms with Gasteiger partial charge in [-0.3, -0.25) is 4.79 Å². The summed E-state index contributed by atoms with van der Waals surface area (Å²) in [6.07, 6.45) is 2.58. The fraction of sp³-hybridized carbons (Fsp3) is 0.273. The molecule has 2 aliphatic heterocycles. The Labute approximate surface area is 169 Å². The molecule has 0 bridgehead atoms. The zero-order valence-corrected chi connectivity index (χ0v) is 16.1. The molecule has 7 heteroatoms. The number of benzene rings is 1. The molecule has 0 spiro atoms. The van der Waals surface area contributed by atoms with Crippen LogP contribution >= 0.6 is 0 Å². The SMILES string of the molecule is O=C1NCCc2c1nc(-c1ccccc1)nc2N1CCN(c2ccccn2)CC1. The van der Waals surface area contributed by atoms with Crippen molar-refractivity contribution in [3.63, 3.8) is 0 Å². The van der Waals surface area contributed by atoms with E-state index in [9.17, 15) is 4.79 Å². The normalized spacial score (nSPS) is 16.3. The van der Waals surface area contributed by atoms with E-state index in [2.05, 4.69) is 25.1 Å². The highest BCUT2D eigenvalue weighted by molar-refractivity contribution is 5.96. The lowest BCUT2D eigenvalue weighted by atomic mass is 10.0. The van der Waals surface area contributed by atoms with E-state index in [4.69, 9.17) is 4.98 Å². The van der Waals surface area contributed by atoms with Crippen LogP contribution in [0.1, 0.15) is 16.1 Å². The van der Waals surface area contributed by atoms with Crippen LogP contribution in [0, 0.1) is 0 Å². The Balaban J connectivity index is 1.48. The lowest BCUT2D eigenvalue weighted by Gasteiger charge is -2.37. The van der Waals surface area contributed by atoms with E-state index in [0.717, 1.165) is 55.4 Å². The first kappa shape index (κ1) is 17.6. The maximum atomic E-state index is 12.5. The molecule has 1 amide bonds. The first-order valence-corrected chi connectivity index (χ1v) is 9.95. The largest absolute Gasteiger partial charge is 0.353 e. The van der Waals surface area contributed by atoms with Crippen LogP contribution in [0.4, 0.5) is 11.6 Å². The summed E-state index contributed by atoms with van der Waals surface area (Å²) in [5, 5.41) is 2.91. The Morgan fingerprint density at radius 3 is 2.38 bits per heavy atom. The van der Waals surface area contributed by atoms with Crippen LogP contribution in [0.2, 0.25) is 0 Å². The summed E-state index contributed by atoms with van der Waals surface area (Å²) in [4.78, 5) is 31.1. The molecular formula is C22H22N6O. The lowest BCUT2D eigenvalue weighted by Crippen LogP contribution is -2.48. The molecule has 0 aliphatic carbocycles. The Hall–Kier alpha value is -3.48. The van der Waals surface area contributed by atoms with Gasteiger partial charge in [0.05, 0.1) is 0 Å². The number of hydrogen-bond acceptors (Lipinski definition) is 6. The average molecular weight is 386 g/mol. The predicted octanol–water partition coefficient (Wildman–Crippen LogP) is 2.15. The smallest absolute Gasteiger partial charge is 0.270 e. The number of hydrogen-bond donors (Lipinski definition) is 1. The number of carbonyl (C=O) groups excluding carboxylic acids is 1. The van der Waals surface area contributed by atoms with Crippen molar-refractivity contribution < 1.29 is 4.79 Å². The van der Waals surface area contributed by atoms with Gasteiger partial charge in [0.25, 0.3) is 5.91 Å². The summed E-state index contributed by atoms with van der Waals surface area (Å²) < 4.78 is 0. The summed E-state index contributed by atoms with van der Waals surface area (Å²) in [5.41, 5.74) is 2.38. The Bertz CT molecular complexity index is 1020. The quantitative estimate of drug-likeness (QED) is 0.744. The number of pyridine rings is 1. The zero-order valence-electron chi connectivity index (χ0n) is 16.1. The third kappa shape index (κ3) is 3.40. The van der Waals surface area contributed by atoms with E-state index in [1.165, 1.54) is 0 Å². The summed E-state index contributed by atoms with van der Waals surface area (Å²) in [6.45, 7) is 4.01. The van der Waals surface area contributed by atoms with Gasteiger partial charge in [0.15, 0.2) is 5.82 Å². The van der Waals surface area contributed by atoms with Crippen molar-refractivity contribution >= 4 is 17.5 Å². The van der Waals surface area contributed by atoms with Gasteiger partial charge in [0.2, 0.25) is 0 Å². The van der Waals surface area contributed by atoms with Crippen molar-refractivity contribution in [2.45, 2.75) is 6.42 Å². The van der Waals surface area contributed by atoms with Crippen LogP contribution in [0.5, 0.6) is 0 Å². The molecule has 0 radical (unpaired) electrons. The third-order valence-corrected chi connectivity index (χ3v) is 5.45. The van der Waals surface area contributed by atoms with Crippen LogP contribution in [0.25, 0.3) is 11.4 Å². The van der Waals surface area contributed by atoms with E-state index in [1.54, 1.807) is 0 Å². The van der Waals surface area contributed by atoms with Crippen LogP contribution in [-0.4, -0.2) is 53.6 Å². The average Bonchev–Trinajstić information content (AvgIpc) is 2.80. The molecule has 0 saturated carbocycles. The number of amides is 1. The molecule has 2 aliphatic rings. The highest BCUT2D eigenvalue weighted by Crippen LogP contribution is 2.28. The lowest BCUT2D eigenvalue weighted by molar-refractivity contribution is 0.0940. The number of carbonyl (C=O) groups is 1. The standard InChI is InChI=1S/C22H22N6O/c29-22-19-17(9-11-24-22)21(26-20(25-19)16-6-2-1-3-7-16)28-14-12-27(13-15-28)18-8-4-5-10-23-18/h1-8,10H,9,11-15H2,(H,24,29). The van der Waals surface area contributed by atoms with Gasteiger partial charge in [-0.15, -0.1) is 0 Å². The molecule has 0 atom stereocenters. The number of fused-ring (bicyclic) bond motifs is 1. The first-order chi connectivity index (χ1) is 14.3. The van der Waals surface area contributed by atoms with Gasteiger partial charge in [-0.25, -0.2) is 15.0 Å². The maximum Gasteiger partial charge on any atom is 0.270 e. The third-order valence-electron chi connectivity index (χ3n) is 5.45. The maximum absolute atomic E-state index is 12.5. The number of nitrogens with one attached hydrogen (secondary N) is 1. The van der Waals surface area contributed by atoms with Crippen molar-refractivity contribution in [3.05, 3.63) is 66.0 Å². The topological polar surface area (TPSA) is 74.2 Å². The molecule has 29 heavy (non-hydrogen) atoms. The van der Waals surface area contributed by atoms with Crippen molar-refractivity contribution in [2.75, 3.05) is 42.5 Å². The van der Waals surface area contributed by atoms with Crippen LogP contribution in [-0.2, 0) is 6.42 Å². The Kier molecular flexibility index (Phi) is 4.56. The van der Waals surface area contributed by atoms with Crippen molar-refractivity contribution in [1.82, 2.24) is 20.3 Å². The fourth-order valence-corrected chi connectivity index (χ4v) is 3.94. The zero-order chi connectivity index (χ0) is 19.6. The number of anilines is 2. The van der Waals surface area contributed by atoms with Crippen molar-refractivity contribution in [3.8, 4) is 11.4 Å². The van der Waals surface area contributed by atoms with Gasteiger partial charge >= 0.3 is 0 Å². The molecule has 1 saturated heterocycles. The highest BCUT2D eigenvalue weighted by Gasteiger charge is 2.28. The van der Waals surface area contributed by atoms with E-state index >= 15 is 0 Å². The van der Waals surface area contributed by atoms with E-state index < -0.39 is 0 Å². The highest BCUT2D eigenvalue weighted by atomic mass is 16.1. The van der Waals surface area contributed by atoms with Crippen molar-refractivity contribution in [1.29, 1.82) is 0 Å². The van der Waals surface area contributed by atoms with Crippen LogP contribution in [0.15, 0.2) is 54.7 Å². The van der Waals surface area contributed by atoms with Gasteiger partial charge in [0, 0.05) is 50.0 Å². The molecule has 5 rings (SSSR count). The summed E-state index contributed by atoms with van der Waals surface area (Å²) in [6, 6.07) is 15.8. The number of piperazine rings is 1. The number of rotatable bonds is 3. The molecule has 1 aromatic carbocycles. The van der Waals surface area contributed by atoms with E-state index in [-0.39, 0.29) is 5.91 Å². The molecule has 1 N–H and O–H groups in total. The summed E-state index contributed by atoms with van der Waals surface area (Å²) in [5.74, 6) is 2.38. The summed E-state index contributed by atoms with van der Waals surface area (Å²) >= 11 is 0. The minimum Gasteiger partial charge on any atom is -0.353 e. The van der Waals surface area contributed by atoms with Gasteiger partial charge in [-0.05, 0) is 18.6 Å². The second kappa shape index (κ2) is 7.50. The molecule has 1 fully saturated rings. The molecule has 3 aromatic rings. The van der Waals surface area contributed by atoms with E-state index in [1.807, 2.05) is 54.7 Å². The monoisotopic (exact) mass is 386 g/mol. The van der Waals surface area contributed by atoms with Gasteiger partial charge in [-0.1, -0.05) is 36.4 Å². The molecule has 146 valence electrons. The first-order valence-electron chi connectivity index (χ1n) is 9.95. The number of aromatic nitrogens is 3. The minimum atomic E-state index is -0.112. The fourth-order valence-electron chi connectivity index (χ4n) is 3.94. The van der Waals surface area contributed by atoms with Crippen LogP contribution in [0.3, 0.4) is 0 Å². The van der Waals surface area contributed by atoms with Crippen molar-refractivity contribution in [2.24, 2.45) is 0 Å². The Morgan fingerprint density at radius 2 is 1.62 bits per heavy atom. The predicted molar refractivity (Wildman–Crippen MR) is 112 cm³/mol. The van der Waals surface area contributed by atoms with Gasteiger partial charge in [-0.2, -0.15) is 0 Å². The minimum absolute atomic E-state index is 0.112. The molecule has 0 unspecified atom stereocenters. The van der Waals surface area contributed by atoms with Gasteiger partial charge in [0.1, 0.15) is 17.3 Å². The van der Waals surface area contributed by atoms with E-state index in [0.29, 0.717) is 18.1 Å².